The van der Waals surface area contributed by atoms with Crippen LogP contribution in [0.4, 0.5) is 17.1 Å². The van der Waals surface area contributed by atoms with Crippen molar-refractivity contribution in [2.75, 3.05) is 10.0 Å². The molecule has 0 radical (unpaired) electrons. The first-order valence-electron chi connectivity index (χ1n) is 9.03. The Morgan fingerprint density at radius 2 is 1.61 bits per heavy atom. The number of halogens is 1. The summed E-state index contributed by atoms with van der Waals surface area (Å²) in [5, 5.41) is 14.1. The van der Waals surface area contributed by atoms with Crippen molar-refractivity contribution < 1.29 is 18.1 Å². The van der Waals surface area contributed by atoms with E-state index in [1.807, 2.05) is 0 Å². The van der Waals surface area contributed by atoms with Gasteiger partial charge in [-0.25, -0.2) is 8.42 Å². The molecule has 0 saturated heterocycles. The van der Waals surface area contributed by atoms with Crippen molar-refractivity contribution in [2.45, 2.75) is 18.7 Å². The van der Waals surface area contributed by atoms with Gasteiger partial charge in [0.1, 0.15) is 0 Å². The minimum atomic E-state index is -3.87. The number of nitrogens with one attached hydrogen (secondary N) is 2. The van der Waals surface area contributed by atoms with Gasteiger partial charge in [-0.2, -0.15) is 0 Å². The molecule has 3 aromatic rings. The van der Waals surface area contributed by atoms with Gasteiger partial charge < -0.3 is 5.32 Å². The highest BCUT2D eigenvalue weighted by atomic mass is 35.5. The second kappa shape index (κ2) is 8.75. The molecule has 2 N–H and O–H groups in total. The highest BCUT2D eigenvalue weighted by Gasteiger charge is 2.19. The highest BCUT2D eigenvalue weighted by molar-refractivity contribution is 7.92. The Labute approximate surface area is 184 Å². The van der Waals surface area contributed by atoms with Crippen LogP contribution in [0.3, 0.4) is 0 Å². The first kappa shape index (κ1) is 22.3. The fourth-order valence-electron chi connectivity index (χ4n) is 2.90. The first-order chi connectivity index (χ1) is 14.6. The summed E-state index contributed by atoms with van der Waals surface area (Å²) in [6, 6.07) is 14.7. The van der Waals surface area contributed by atoms with Crippen LogP contribution in [0.1, 0.15) is 21.5 Å². The number of amides is 1. The SMILES string of the molecule is Cc1c(Cl)cccc1NS(=O)(=O)c1ccc(NC(=O)c2cccc([N+](=O)[O-])c2C)cc1. The van der Waals surface area contributed by atoms with E-state index in [2.05, 4.69) is 10.0 Å². The number of rotatable bonds is 6. The summed E-state index contributed by atoms with van der Waals surface area (Å²) < 4.78 is 27.8. The number of nitro groups is 1. The molecule has 0 heterocycles. The number of hydrogen-bond acceptors (Lipinski definition) is 5. The molecular weight excluding hydrogens is 442 g/mol. The average molecular weight is 460 g/mol. The maximum atomic E-state index is 12.7. The molecule has 0 aliphatic carbocycles. The molecule has 0 spiro atoms. The zero-order valence-corrected chi connectivity index (χ0v) is 18.1. The molecule has 3 aromatic carbocycles. The van der Waals surface area contributed by atoms with E-state index in [1.165, 1.54) is 49.4 Å². The van der Waals surface area contributed by atoms with Gasteiger partial charge in [0.25, 0.3) is 21.6 Å². The lowest BCUT2D eigenvalue weighted by molar-refractivity contribution is -0.385. The van der Waals surface area contributed by atoms with Crippen molar-refractivity contribution in [3.8, 4) is 0 Å². The summed E-state index contributed by atoms with van der Waals surface area (Å²) in [6.07, 6.45) is 0. The quantitative estimate of drug-likeness (QED) is 0.400. The smallest absolute Gasteiger partial charge is 0.273 e. The van der Waals surface area contributed by atoms with Crippen LogP contribution in [0.15, 0.2) is 65.6 Å². The van der Waals surface area contributed by atoms with E-state index in [0.29, 0.717) is 22.0 Å². The predicted octanol–water partition coefficient (Wildman–Crippen LogP) is 4.92. The van der Waals surface area contributed by atoms with Gasteiger partial charge in [-0.05, 0) is 61.9 Å². The van der Waals surface area contributed by atoms with Crippen molar-refractivity contribution in [1.29, 1.82) is 0 Å². The summed E-state index contributed by atoms with van der Waals surface area (Å²) in [6.45, 7) is 3.20. The van der Waals surface area contributed by atoms with Gasteiger partial charge in [0.2, 0.25) is 0 Å². The second-order valence-electron chi connectivity index (χ2n) is 6.70. The average Bonchev–Trinajstić information content (AvgIpc) is 2.71. The van der Waals surface area contributed by atoms with Crippen LogP contribution in [0.5, 0.6) is 0 Å². The van der Waals surface area contributed by atoms with E-state index in [1.54, 1.807) is 25.1 Å². The molecule has 0 aliphatic heterocycles. The van der Waals surface area contributed by atoms with Gasteiger partial charge in [0.15, 0.2) is 0 Å². The van der Waals surface area contributed by atoms with E-state index in [-0.39, 0.29) is 21.7 Å². The Balaban J connectivity index is 1.79. The predicted molar refractivity (Wildman–Crippen MR) is 119 cm³/mol. The molecule has 0 saturated carbocycles. The van der Waals surface area contributed by atoms with Crippen LogP contribution >= 0.6 is 11.6 Å². The lowest BCUT2D eigenvalue weighted by Gasteiger charge is -2.12. The summed E-state index contributed by atoms with van der Waals surface area (Å²) in [4.78, 5) is 23.0. The van der Waals surface area contributed by atoms with Crippen LogP contribution in [0.25, 0.3) is 0 Å². The maximum Gasteiger partial charge on any atom is 0.273 e. The van der Waals surface area contributed by atoms with Crippen LogP contribution in [0, 0.1) is 24.0 Å². The molecule has 8 nitrogen and oxygen atoms in total. The molecule has 1 amide bonds. The van der Waals surface area contributed by atoms with Crippen LogP contribution < -0.4 is 10.0 Å². The van der Waals surface area contributed by atoms with Crippen LogP contribution in [0.2, 0.25) is 5.02 Å². The molecule has 0 aliphatic rings. The molecule has 31 heavy (non-hydrogen) atoms. The van der Waals surface area contributed by atoms with Crippen molar-refractivity contribution in [3.05, 3.63) is 92.5 Å². The Kier molecular flexibility index (Phi) is 6.28. The van der Waals surface area contributed by atoms with Crippen molar-refractivity contribution in [1.82, 2.24) is 0 Å². The van der Waals surface area contributed by atoms with Crippen LogP contribution in [-0.4, -0.2) is 19.2 Å². The van der Waals surface area contributed by atoms with E-state index < -0.39 is 20.9 Å². The lowest BCUT2D eigenvalue weighted by Crippen LogP contribution is -2.15. The molecule has 0 unspecified atom stereocenters. The first-order valence-corrected chi connectivity index (χ1v) is 10.9. The fourth-order valence-corrected chi connectivity index (χ4v) is 4.20. The third-order valence-electron chi connectivity index (χ3n) is 4.68. The third kappa shape index (κ3) is 4.84. The Hall–Kier alpha value is -3.43. The molecular formula is C21H18ClN3O5S. The molecule has 10 heteroatoms. The number of benzene rings is 3. The standard InChI is InChI=1S/C21H18ClN3O5S/c1-13-17(5-3-8-20(13)25(27)28)21(26)23-15-9-11-16(12-10-15)31(29,30)24-19-7-4-6-18(22)14(19)2/h3-12,24H,1-2H3,(H,23,26). The number of carbonyl (C=O) groups excluding carboxylic acids is 1. The van der Waals surface area contributed by atoms with Crippen molar-refractivity contribution in [3.63, 3.8) is 0 Å². The normalized spacial score (nSPS) is 11.1. The van der Waals surface area contributed by atoms with Gasteiger partial charge in [-0.1, -0.05) is 23.7 Å². The minimum absolute atomic E-state index is 0.00333. The highest BCUT2D eigenvalue weighted by Crippen LogP contribution is 2.26. The van der Waals surface area contributed by atoms with Gasteiger partial charge in [-0.3, -0.25) is 19.6 Å². The Morgan fingerprint density at radius 3 is 2.26 bits per heavy atom. The summed E-state index contributed by atoms with van der Waals surface area (Å²) in [5.41, 5.74) is 1.55. The van der Waals surface area contributed by atoms with E-state index in [9.17, 15) is 23.3 Å². The van der Waals surface area contributed by atoms with Crippen LogP contribution in [-0.2, 0) is 10.0 Å². The zero-order chi connectivity index (χ0) is 22.8. The van der Waals surface area contributed by atoms with Gasteiger partial charge >= 0.3 is 0 Å². The number of nitro benzene ring substituents is 1. The molecule has 0 atom stereocenters. The fraction of sp³-hybridized carbons (Fsp3) is 0.0952. The molecule has 0 aromatic heterocycles. The monoisotopic (exact) mass is 459 g/mol. The summed E-state index contributed by atoms with van der Waals surface area (Å²) >= 11 is 6.03. The van der Waals surface area contributed by atoms with Gasteiger partial charge in [0.05, 0.1) is 15.5 Å². The largest absolute Gasteiger partial charge is 0.322 e. The second-order valence-corrected chi connectivity index (χ2v) is 8.79. The molecule has 3 rings (SSSR count). The zero-order valence-electron chi connectivity index (χ0n) is 16.5. The molecule has 160 valence electrons. The van der Waals surface area contributed by atoms with Crippen molar-refractivity contribution >= 4 is 44.6 Å². The number of hydrogen-bond donors (Lipinski definition) is 2. The molecule has 0 bridgehead atoms. The van der Waals surface area contributed by atoms with Crippen molar-refractivity contribution in [2.24, 2.45) is 0 Å². The third-order valence-corrected chi connectivity index (χ3v) is 6.47. The Bertz CT molecular complexity index is 1270. The maximum absolute atomic E-state index is 12.7. The van der Waals surface area contributed by atoms with E-state index >= 15 is 0 Å². The summed E-state index contributed by atoms with van der Waals surface area (Å²) in [5.74, 6) is -0.538. The van der Waals surface area contributed by atoms with Gasteiger partial charge in [0, 0.05) is 27.9 Å². The lowest BCUT2D eigenvalue weighted by atomic mass is 10.1. The Morgan fingerprint density at radius 1 is 0.968 bits per heavy atom. The van der Waals surface area contributed by atoms with E-state index in [0.717, 1.165) is 0 Å². The topological polar surface area (TPSA) is 118 Å². The number of sulfonamides is 1. The van der Waals surface area contributed by atoms with Gasteiger partial charge in [-0.15, -0.1) is 0 Å². The molecule has 0 fully saturated rings. The number of carbonyl (C=O) groups is 1. The van der Waals surface area contributed by atoms with E-state index in [4.69, 9.17) is 11.6 Å². The minimum Gasteiger partial charge on any atom is -0.322 e. The number of nitrogens with zero attached hydrogens (tertiary/aromatic N) is 1. The summed E-state index contributed by atoms with van der Waals surface area (Å²) in [7, 11) is -3.87. The number of anilines is 2.